The van der Waals surface area contributed by atoms with Crippen molar-refractivity contribution in [2.24, 2.45) is 0 Å². The average molecular weight is 208 g/mol. The summed E-state index contributed by atoms with van der Waals surface area (Å²) in [5, 5.41) is 5.18. The van der Waals surface area contributed by atoms with E-state index in [2.05, 4.69) is 62.1 Å². The monoisotopic (exact) mass is 208 g/mol. The van der Waals surface area contributed by atoms with Crippen LogP contribution in [0.25, 0.3) is 22.9 Å². The van der Waals surface area contributed by atoms with Crippen LogP contribution in [-0.2, 0) is 0 Å². The molecule has 2 rings (SSSR count). The maximum atomic E-state index is 3.75. The molecule has 80 valence electrons. The first-order valence-electron chi connectivity index (χ1n) is 5.61. The number of allylic oxidation sites excluding steroid dienone is 1. The van der Waals surface area contributed by atoms with Gasteiger partial charge in [0.05, 0.1) is 0 Å². The molecule has 0 N–H and O–H groups in total. The zero-order chi connectivity index (χ0) is 11.4. The Morgan fingerprint density at radius 3 is 2.25 bits per heavy atom. The van der Waals surface area contributed by atoms with Crippen molar-refractivity contribution in [2.75, 3.05) is 0 Å². The number of hydrogen-bond acceptors (Lipinski definition) is 0. The van der Waals surface area contributed by atoms with Crippen molar-refractivity contribution in [2.45, 2.75) is 13.3 Å². The number of rotatable bonds is 2. The molecule has 0 nitrogen and oxygen atoms in total. The first-order chi connectivity index (χ1) is 7.85. The van der Waals surface area contributed by atoms with Crippen molar-refractivity contribution < 1.29 is 0 Å². The van der Waals surface area contributed by atoms with Crippen LogP contribution in [0.15, 0.2) is 49.1 Å². The molecule has 0 atom stereocenters. The largest absolute Gasteiger partial charge is 0.103 e. The van der Waals surface area contributed by atoms with Crippen molar-refractivity contribution in [3.05, 3.63) is 59.5 Å². The minimum absolute atomic E-state index is 0.916. The molecule has 0 fully saturated rings. The summed E-state index contributed by atoms with van der Waals surface area (Å²) in [6.07, 6.45) is 7.21. The van der Waals surface area contributed by atoms with Crippen LogP contribution in [0.4, 0.5) is 0 Å². The van der Waals surface area contributed by atoms with Gasteiger partial charge in [-0.3, -0.25) is 0 Å². The lowest BCUT2D eigenvalue weighted by atomic mass is 10.1. The Kier molecular flexibility index (Phi) is 3.21. The molecule has 0 bridgehead atoms. The normalized spacial score (nSPS) is 13.3. The number of hydrogen-bond donors (Lipinski definition) is 0. The van der Waals surface area contributed by atoms with Crippen LogP contribution in [-0.4, -0.2) is 0 Å². The highest BCUT2D eigenvalue weighted by molar-refractivity contribution is 5.82. The fraction of sp³-hybridized carbons (Fsp3) is 0.125. The second-order valence-electron chi connectivity index (χ2n) is 3.85. The summed E-state index contributed by atoms with van der Waals surface area (Å²) in [6, 6.07) is 12.9. The SMILES string of the molecule is C=CCC=c1cc2ccccc2cc1=CC. The fourth-order valence-electron chi connectivity index (χ4n) is 1.91. The minimum Gasteiger partial charge on any atom is -0.103 e. The van der Waals surface area contributed by atoms with Crippen molar-refractivity contribution in [1.82, 2.24) is 0 Å². The molecule has 0 saturated heterocycles. The predicted molar refractivity (Wildman–Crippen MR) is 72.6 cm³/mol. The number of fused-ring (bicyclic) bond motifs is 1. The van der Waals surface area contributed by atoms with Crippen LogP contribution in [0.3, 0.4) is 0 Å². The molecule has 0 aliphatic carbocycles. The van der Waals surface area contributed by atoms with Gasteiger partial charge in [-0.1, -0.05) is 42.5 Å². The fourth-order valence-corrected chi connectivity index (χ4v) is 1.91. The van der Waals surface area contributed by atoms with E-state index in [-0.39, 0.29) is 0 Å². The summed E-state index contributed by atoms with van der Waals surface area (Å²) in [5.41, 5.74) is 0. The lowest BCUT2D eigenvalue weighted by molar-refractivity contribution is 1.45. The van der Waals surface area contributed by atoms with E-state index in [4.69, 9.17) is 0 Å². The van der Waals surface area contributed by atoms with E-state index in [1.54, 1.807) is 0 Å². The summed E-state index contributed by atoms with van der Waals surface area (Å²) in [7, 11) is 0. The van der Waals surface area contributed by atoms with E-state index in [0.717, 1.165) is 6.42 Å². The van der Waals surface area contributed by atoms with Gasteiger partial charge in [-0.25, -0.2) is 0 Å². The molecular weight excluding hydrogens is 192 g/mol. The Morgan fingerprint density at radius 1 is 1.06 bits per heavy atom. The second kappa shape index (κ2) is 4.80. The standard InChI is InChI=1S/C16H16/c1-3-5-8-14-12-16-10-7-6-9-15(16)11-13(14)4-2/h3-4,6-12H,1,5H2,2H3. The van der Waals surface area contributed by atoms with Crippen LogP contribution in [0, 0.1) is 0 Å². The highest BCUT2D eigenvalue weighted by atomic mass is 14.0. The molecule has 0 aliphatic rings. The van der Waals surface area contributed by atoms with Gasteiger partial charge in [-0.05, 0) is 46.7 Å². The Morgan fingerprint density at radius 2 is 1.69 bits per heavy atom. The van der Waals surface area contributed by atoms with E-state index >= 15 is 0 Å². The van der Waals surface area contributed by atoms with E-state index in [1.165, 1.54) is 21.2 Å². The van der Waals surface area contributed by atoms with Crippen LogP contribution < -0.4 is 10.4 Å². The van der Waals surface area contributed by atoms with E-state index < -0.39 is 0 Å². The minimum atomic E-state index is 0.916. The lowest BCUT2D eigenvalue weighted by Gasteiger charge is -1.98. The van der Waals surface area contributed by atoms with Gasteiger partial charge in [0.15, 0.2) is 0 Å². The van der Waals surface area contributed by atoms with Crippen molar-refractivity contribution in [3.63, 3.8) is 0 Å². The molecule has 0 unspecified atom stereocenters. The lowest BCUT2D eigenvalue weighted by Crippen LogP contribution is -2.23. The first kappa shape index (κ1) is 10.7. The summed E-state index contributed by atoms with van der Waals surface area (Å²) in [6.45, 7) is 5.83. The zero-order valence-electron chi connectivity index (χ0n) is 9.61. The van der Waals surface area contributed by atoms with Gasteiger partial charge < -0.3 is 0 Å². The maximum absolute atomic E-state index is 3.75. The molecule has 0 heterocycles. The molecule has 2 aromatic rings. The second-order valence-corrected chi connectivity index (χ2v) is 3.85. The Hall–Kier alpha value is -1.82. The van der Waals surface area contributed by atoms with E-state index in [0.29, 0.717) is 0 Å². The van der Waals surface area contributed by atoms with Crippen molar-refractivity contribution >= 4 is 22.9 Å². The maximum Gasteiger partial charge on any atom is -0.0163 e. The molecule has 0 aromatic heterocycles. The molecule has 2 aromatic carbocycles. The molecule has 0 aliphatic heterocycles. The van der Waals surface area contributed by atoms with Crippen molar-refractivity contribution in [1.29, 1.82) is 0 Å². The predicted octanol–water partition coefficient (Wildman–Crippen LogP) is 3.00. The Labute approximate surface area is 96.2 Å². The quantitative estimate of drug-likeness (QED) is 0.666. The van der Waals surface area contributed by atoms with Crippen LogP contribution in [0.1, 0.15) is 13.3 Å². The van der Waals surface area contributed by atoms with Crippen molar-refractivity contribution in [3.8, 4) is 0 Å². The first-order valence-corrected chi connectivity index (χ1v) is 5.61. The molecule has 16 heavy (non-hydrogen) atoms. The molecule has 0 radical (unpaired) electrons. The van der Waals surface area contributed by atoms with Crippen LogP contribution in [0.5, 0.6) is 0 Å². The van der Waals surface area contributed by atoms with Gasteiger partial charge >= 0.3 is 0 Å². The third-order valence-electron chi connectivity index (χ3n) is 2.77. The molecule has 0 saturated carbocycles. The molecule has 0 heteroatoms. The number of benzene rings is 2. The highest BCUT2D eigenvalue weighted by Crippen LogP contribution is 2.08. The Bertz CT molecular complexity index is 618. The summed E-state index contributed by atoms with van der Waals surface area (Å²) < 4.78 is 0. The van der Waals surface area contributed by atoms with Crippen LogP contribution in [0.2, 0.25) is 0 Å². The van der Waals surface area contributed by atoms with E-state index in [9.17, 15) is 0 Å². The third kappa shape index (κ3) is 2.06. The summed E-state index contributed by atoms with van der Waals surface area (Å²) >= 11 is 0. The topological polar surface area (TPSA) is 0 Å². The van der Waals surface area contributed by atoms with Gasteiger partial charge in [0.25, 0.3) is 0 Å². The highest BCUT2D eigenvalue weighted by Gasteiger charge is 1.92. The van der Waals surface area contributed by atoms with E-state index in [1.807, 2.05) is 6.08 Å². The molecule has 0 spiro atoms. The van der Waals surface area contributed by atoms with Gasteiger partial charge in [0, 0.05) is 0 Å². The smallest absolute Gasteiger partial charge is 0.0163 e. The summed E-state index contributed by atoms with van der Waals surface area (Å²) in [5.74, 6) is 0. The van der Waals surface area contributed by atoms with Crippen LogP contribution >= 0.6 is 0 Å². The molecular formula is C16H16. The third-order valence-corrected chi connectivity index (χ3v) is 2.77. The van der Waals surface area contributed by atoms with Gasteiger partial charge in [-0.15, -0.1) is 6.58 Å². The van der Waals surface area contributed by atoms with Gasteiger partial charge in [-0.2, -0.15) is 0 Å². The summed E-state index contributed by atoms with van der Waals surface area (Å²) in [4.78, 5) is 0. The zero-order valence-corrected chi connectivity index (χ0v) is 9.61. The molecule has 0 amide bonds. The van der Waals surface area contributed by atoms with Gasteiger partial charge in [0.1, 0.15) is 0 Å². The Balaban J connectivity index is 2.78. The average Bonchev–Trinajstić information content (AvgIpc) is 2.35. The van der Waals surface area contributed by atoms with Gasteiger partial charge in [0.2, 0.25) is 0 Å².